The number of carbonyl (C=O) groups excluding carboxylic acids is 3. The van der Waals surface area contributed by atoms with Crippen LogP contribution in [-0.4, -0.2) is 37.2 Å². The second-order valence-corrected chi connectivity index (χ2v) is 18.5. The fraction of sp³-hybridized carbons (Fsp3) is 0.721. The lowest BCUT2D eigenvalue weighted by Gasteiger charge is -2.18. The molecule has 0 radical (unpaired) electrons. The summed E-state index contributed by atoms with van der Waals surface area (Å²) in [5, 5.41) is 0. The van der Waals surface area contributed by atoms with Crippen LogP contribution in [-0.2, 0) is 28.6 Å². The Labute approximate surface area is 414 Å². The molecule has 0 aliphatic rings. The molecule has 0 fully saturated rings. The lowest BCUT2D eigenvalue weighted by Crippen LogP contribution is -2.30. The number of esters is 3. The van der Waals surface area contributed by atoms with Crippen molar-refractivity contribution in [1.29, 1.82) is 0 Å². The SMILES string of the molecule is CC/C=C\C/C=C\C/C=C\C/C=C\C/C=C\CCCC(=O)OC(COC(=O)CCCCCCCCC)COC(=O)CCCCCCCCCCCCCCC/C=C\C/C=C\CCCCCCC. The highest BCUT2D eigenvalue weighted by Crippen LogP contribution is 2.15. The van der Waals surface area contributed by atoms with Crippen LogP contribution in [0.15, 0.2) is 85.1 Å². The minimum atomic E-state index is -0.803. The van der Waals surface area contributed by atoms with E-state index < -0.39 is 6.10 Å². The highest BCUT2D eigenvalue weighted by atomic mass is 16.6. The van der Waals surface area contributed by atoms with Gasteiger partial charge in [-0.2, -0.15) is 0 Å². The number of hydrogen-bond donors (Lipinski definition) is 0. The van der Waals surface area contributed by atoms with Crippen LogP contribution in [0.4, 0.5) is 0 Å². The van der Waals surface area contributed by atoms with Crippen molar-refractivity contribution in [2.24, 2.45) is 0 Å². The molecule has 67 heavy (non-hydrogen) atoms. The maximum atomic E-state index is 12.8. The average Bonchev–Trinajstić information content (AvgIpc) is 3.33. The van der Waals surface area contributed by atoms with E-state index >= 15 is 0 Å². The van der Waals surface area contributed by atoms with Crippen LogP contribution in [0, 0.1) is 0 Å². The Balaban J connectivity index is 4.23. The average molecular weight is 933 g/mol. The molecule has 0 aliphatic heterocycles. The number of unbranched alkanes of at least 4 members (excludes halogenated alkanes) is 25. The molecule has 0 spiro atoms. The van der Waals surface area contributed by atoms with Gasteiger partial charge in [0.05, 0.1) is 0 Å². The summed E-state index contributed by atoms with van der Waals surface area (Å²) in [6.07, 6.45) is 71.8. The van der Waals surface area contributed by atoms with Gasteiger partial charge < -0.3 is 14.2 Å². The Morgan fingerprint density at radius 3 is 0.955 bits per heavy atom. The molecule has 0 aromatic carbocycles. The monoisotopic (exact) mass is 933 g/mol. The minimum Gasteiger partial charge on any atom is -0.462 e. The van der Waals surface area contributed by atoms with Crippen molar-refractivity contribution >= 4 is 17.9 Å². The van der Waals surface area contributed by atoms with Gasteiger partial charge in [0, 0.05) is 19.3 Å². The van der Waals surface area contributed by atoms with E-state index in [9.17, 15) is 14.4 Å². The Morgan fingerprint density at radius 2 is 0.597 bits per heavy atom. The Bertz CT molecular complexity index is 1300. The summed E-state index contributed by atoms with van der Waals surface area (Å²) in [5.74, 6) is -0.962. The molecule has 0 saturated carbocycles. The summed E-state index contributed by atoms with van der Waals surface area (Å²) in [7, 11) is 0. The predicted octanol–water partition coefficient (Wildman–Crippen LogP) is 18.8. The highest BCUT2D eigenvalue weighted by molar-refractivity contribution is 5.71. The molecule has 0 saturated heterocycles. The predicted molar refractivity (Wildman–Crippen MR) is 288 cm³/mol. The second kappa shape index (κ2) is 55.2. The van der Waals surface area contributed by atoms with E-state index in [-0.39, 0.29) is 37.5 Å². The first-order chi connectivity index (χ1) is 33.0. The van der Waals surface area contributed by atoms with Gasteiger partial charge in [0.25, 0.3) is 0 Å². The lowest BCUT2D eigenvalue weighted by atomic mass is 10.0. The minimum absolute atomic E-state index is 0.0984. The molecule has 1 atom stereocenters. The largest absolute Gasteiger partial charge is 0.462 e. The first-order valence-electron chi connectivity index (χ1n) is 28.1. The van der Waals surface area contributed by atoms with Crippen molar-refractivity contribution in [1.82, 2.24) is 0 Å². The van der Waals surface area contributed by atoms with E-state index in [4.69, 9.17) is 14.2 Å². The molecule has 0 bridgehead atoms. The van der Waals surface area contributed by atoms with Gasteiger partial charge in [-0.15, -0.1) is 0 Å². The Morgan fingerprint density at radius 1 is 0.313 bits per heavy atom. The zero-order valence-electron chi connectivity index (χ0n) is 43.9. The first kappa shape index (κ1) is 63.6. The van der Waals surface area contributed by atoms with E-state index in [2.05, 4.69) is 106 Å². The van der Waals surface area contributed by atoms with Crippen LogP contribution >= 0.6 is 0 Å². The maximum absolute atomic E-state index is 12.8. The fourth-order valence-electron chi connectivity index (χ4n) is 7.68. The van der Waals surface area contributed by atoms with Gasteiger partial charge in [0.15, 0.2) is 6.10 Å². The van der Waals surface area contributed by atoms with Crippen LogP contribution < -0.4 is 0 Å². The Kier molecular flexibility index (Phi) is 52.4. The number of allylic oxidation sites excluding steroid dienone is 14. The van der Waals surface area contributed by atoms with Crippen LogP contribution in [0.2, 0.25) is 0 Å². The molecular weight excluding hydrogens is 829 g/mol. The van der Waals surface area contributed by atoms with Crippen LogP contribution in [0.3, 0.4) is 0 Å². The van der Waals surface area contributed by atoms with Gasteiger partial charge >= 0.3 is 17.9 Å². The molecule has 0 heterocycles. The molecule has 0 aromatic rings. The van der Waals surface area contributed by atoms with Crippen molar-refractivity contribution < 1.29 is 28.6 Å². The molecule has 0 N–H and O–H groups in total. The highest BCUT2D eigenvalue weighted by Gasteiger charge is 2.19. The van der Waals surface area contributed by atoms with E-state index in [1.165, 1.54) is 135 Å². The Hall–Kier alpha value is -3.41. The normalized spacial score (nSPS) is 12.7. The molecule has 1 unspecified atom stereocenters. The third-order valence-electron chi connectivity index (χ3n) is 11.9. The van der Waals surface area contributed by atoms with Gasteiger partial charge in [-0.05, 0) is 89.9 Å². The van der Waals surface area contributed by atoms with Gasteiger partial charge in [-0.3, -0.25) is 14.4 Å². The molecule has 0 amide bonds. The molecular formula is C61H104O6. The summed E-state index contributed by atoms with van der Waals surface area (Å²) in [5.41, 5.74) is 0. The molecule has 0 aromatic heterocycles. The van der Waals surface area contributed by atoms with Crippen molar-refractivity contribution in [3.05, 3.63) is 85.1 Å². The van der Waals surface area contributed by atoms with Gasteiger partial charge in [0.1, 0.15) is 13.2 Å². The standard InChI is InChI=1S/C61H104O6/c1-4-7-10-13-16-18-20-22-24-26-27-28-29-30-31-32-33-35-36-38-40-42-45-48-51-54-60(63)66-57-58(56-65-59(62)53-50-47-44-15-12-9-6-3)67-61(64)55-52-49-46-43-41-39-37-34-25-23-21-19-17-14-11-8-5-2/h8,11,17,19-20,22-23,25-27,37,39,43,46,58H,4-7,9-10,12-16,18,21,24,28-36,38,40-42,44-45,47-57H2,1-3H3/b11-8-,19-17-,22-20-,25-23-,27-26-,39-37-,46-43-. The molecule has 0 aliphatic carbocycles. The summed E-state index contributed by atoms with van der Waals surface area (Å²) < 4.78 is 16.7. The van der Waals surface area contributed by atoms with Crippen molar-refractivity contribution in [3.63, 3.8) is 0 Å². The van der Waals surface area contributed by atoms with E-state index in [1.54, 1.807) is 0 Å². The second-order valence-electron chi connectivity index (χ2n) is 18.5. The fourth-order valence-corrected chi connectivity index (χ4v) is 7.68. The van der Waals surface area contributed by atoms with Crippen molar-refractivity contribution in [3.8, 4) is 0 Å². The summed E-state index contributed by atoms with van der Waals surface area (Å²) >= 11 is 0. The van der Waals surface area contributed by atoms with E-state index in [0.29, 0.717) is 19.3 Å². The van der Waals surface area contributed by atoms with Crippen LogP contribution in [0.5, 0.6) is 0 Å². The van der Waals surface area contributed by atoms with Crippen LogP contribution in [0.25, 0.3) is 0 Å². The lowest BCUT2D eigenvalue weighted by molar-refractivity contribution is -0.167. The number of hydrogen-bond acceptors (Lipinski definition) is 6. The molecule has 0 rings (SSSR count). The van der Waals surface area contributed by atoms with Crippen molar-refractivity contribution in [2.75, 3.05) is 13.2 Å². The number of ether oxygens (including phenoxy) is 3. The maximum Gasteiger partial charge on any atom is 0.306 e. The van der Waals surface area contributed by atoms with Crippen LogP contribution in [0.1, 0.15) is 265 Å². The third-order valence-corrected chi connectivity index (χ3v) is 11.9. The zero-order valence-corrected chi connectivity index (χ0v) is 43.9. The smallest absolute Gasteiger partial charge is 0.306 e. The number of rotatable bonds is 50. The topological polar surface area (TPSA) is 78.9 Å². The van der Waals surface area contributed by atoms with Gasteiger partial charge in [0.2, 0.25) is 0 Å². The summed E-state index contributed by atoms with van der Waals surface area (Å²) in [6.45, 7) is 6.43. The number of carbonyl (C=O) groups is 3. The van der Waals surface area contributed by atoms with Gasteiger partial charge in [-0.1, -0.05) is 241 Å². The molecule has 6 nitrogen and oxygen atoms in total. The molecule has 384 valence electrons. The van der Waals surface area contributed by atoms with Crippen molar-refractivity contribution in [2.45, 2.75) is 271 Å². The van der Waals surface area contributed by atoms with E-state index in [0.717, 1.165) is 83.5 Å². The third kappa shape index (κ3) is 53.4. The zero-order chi connectivity index (χ0) is 48.6. The van der Waals surface area contributed by atoms with E-state index in [1.807, 2.05) is 0 Å². The van der Waals surface area contributed by atoms with Gasteiger partial charge in [-0.25, -0.2) is 0 Å². The summed E-state index contributed by atoms with van der Waals surface area (Å²) in [4.78, 5) is 37.9. The molecule has 6 heteroatoms. The summed E-state index contributed by atoms with van der Waals surface area (Å²) in [6, 6.07) is 0. The quantitative estimate of drug-likeness (QED) is 0.0262. The first-order valence-corrected chi connectivity index (χ1v) is 28.1.